The summed E-state index contributed by atoms with van der Waals surface area (Å²) in [6.45, 7) is -0.0189. The van der Waals surface area contributed by atoms with Gasteiger partial charge in [-0.3, -0.25) is 4.79 Å². The molecule has 0 aliphatic rings. The molecule has 0 bridgehead atoms. The van der Waals surface area contributed by atoms with Crippen LogP contribution in [0.25, 0.3) is 0 Å². The van der Waals surface area contributed by atoms with Gasteiger partial charge in [0.15, 0.2) is 0 Å². The minimum Gasteiger partial charge on any atom is -0.399 e. The van der Waals surface area contributed by atoms with E-state index < -0.39 is 0 Å². The number of nitrogens with one attached hydrogen (secondary N) is 1. The van der Waals surface area contributed by atoms with E-state index in [1.807, 2.05) is 0 Å². The van der Waals surface area contributed by atoms with E-state index in [1.165, 1.54) is 0 Å². The fraction of sp³-hybridized carbons (Fsp3) is 0.0714. The Bertz CT molecular complexity index is 597. The zero-order valence-electron chi connectivity index (χ0n) is 10.1. The quantitative estimate of drug-likeness (QED) is 0.761. The third-order valence-corrected chi connectivity index (χ3v) is 3.32. The highest BCUT2D eigenvalue weighted by atomic mass is 79.9. The Labute approximate surface area is 119 Å². The number of hydrogen-bond acceptors (Lipinski definition) is 3. The Hall–Kier alpha value is -1.85. The predicted octanol–water partition coefficient (Wildman–Crippen LogP) is 2.78. The number of carbonyl (C=O) groups is 1. The van der Waals surface area contributed by atoms with Crippen LogP contribution in [0.2, 0.25) is 0 Å². The molecule has 2 aromatic rings. The third-order valence-electron chi connectivity index (χ3n) is 2.63. The molecule has 0 radical (unpaired) electrons. The average Bonchev–Trinajstić information content (AvgIpc) is 2.42. The van der Waals surface area contributed by atoms with Crippen LogP contribution in [0.3, 0.4) is 0 Å². The molecule has 1 amide bonds. The first kappa shape index (κ1) is 13.6. The largest absolute Gasteiger partial charge is 0.399 e. The normalized spacial score (nSPS) is 10.2. The molecule has 98 valence electrons. The lowest BCUT2D eigenvalue weighted by molar-refractivity contribution is 0.102. The summed E-state index contributed by atoms with van der Waals surface area (Å²) in [5.41, 5.74) is 8.14. The molecule has 2 aromatic carbocycles. The van der Waals surface area contributed by atoms with E-state index in [9.17, 15) is 4.79 Å². The van der Waals surface area contributed by atoms with Gasteiger partial charge < -0.3 is 16.2 Å². The first-order chi connectivity index (χ1) is 9.10. The van der Waals surface area contributed by atoms with E-state index in [1.54, 1.807) is 42.5 Å². The highest BCUT2D eigenvalue weighted by Gasteiger charge is 2.10. The van der Waals surface area contributed by atoms with Gasteiger partial charge in [-0.1, -0.05) is 12.1 Å². The first-order valence-electron chi connectivity index (χ1n) is 5.66. The van der Waals surface area contributed by atoms with Gasteiger partial charge in [-0.2, -0.15) is 0 Å². The van der Waals surface area contributed by atoms with Crippen LogP contribution in [0.15, 0.2) is 46.9 Å². The van der Waals surface area contributed by atoms with E-state index in [4.69, 9.17) is 10.8 Å². The topological polar surface area (TPSA) is 75.4 Å². The number of aliphatic hydroxyl groups is 1. The van der Waals surface area contributed by atoms with Crippen LogP contribution in [0, 0.1) is 0 Å². The second kappa shape index (κ2) is 5.86. The predicted molar refractivity (Wildman–Crippen MR) is 78.9 cm³/mol. The number of amides is 1. The van der Waals surface area contributed by atoms with Crippen molar-refractivity contribution < 1.29 is 9.90 Å². The van der Waals surface area contributed by atoms with Crippen LogP contribution in [-0.2, 0) is 6.61 Å². The minimum absolute atomic E-state index is 0.0189. The summed E-state index contributed by atoms with van der Waals surface area (Å²) in [6, 6.07) is 12.1. The van der Waals surface area contributed by atoms with Gasteiger partial charge in [0.1, 0.15) is 0 Å². The van der Waals surface area contributed by atoms with Crippen molar-refractivity contribution in [2.45, 2.75) is 6.61 Å². The van der Waals surface area contributed by atoms with E-state index in [-0.39, 0.29) is 12.5 Å². The summed E-state index contributed by atoms with van der Waals surface area (Å²) in [6.07, 6.45) is 0. The molecule has 0 aromatic heterocycles. The van der Waals surface area contributed by atoms with E-state index in [0.717, 1.165) is 5.56 Å². The maximum Gasteiger partial charge on any atom is 0.256 e. The minimum atomic E-state index is -0.240. The van der Waals surface area contributed by atoms with Crippen LogP contribution >= 0.6 is 15.9 Å². The van der Waals surface area contributed by atoms with E-state index in [2.05, 4.69) is 21.2 Å². The number of halogens is 1. The summed E-state index contributed by atoms with van der Waals surface area (Å²) in [5.74, 6) is -0.240. The van der Waals surface area contributed by atoms with Gasteiger partial charge >= 0.3 is 0 Å². The zero-order valence-corrected chi connectivity index (χ0v) is 11.6. The van der Waals surface area contributed by atoms with Crippen LogP contribution in [-0.4, -0.2) is 11.0 Å². The van der Waals surface area contributed by atoms with Gasteiger partial charge in [0.2, 0.25) is 0 Å². The number of hydrogen-bond donors (Lipinski definition) is 3. The van der Waals surface area contributed by atoms with Crippen molar-refractivity contribution in [3.63, 3.8) is 0 Å². The molecule has 0 aliphatic carbocycles. The van der Waals surface area contributed by atoms with Crippen molar-refractivity contribution in [3.8, 4) is 0 Å². The molecule has 0 aliphatic heterocycles. The maximum absolute atomic E-state index is 12.1. The molecular weight excluding hydrogens is 308 g/mol. The van der Waals surface area contributed by atoms with Crippen molar-refractivity contribution in [2.75, 3.05) is 11.1 Å². The van der Waals surface area contributed by atoms with E-state index >= 15 is 0 Å². The lowest BCUT2D eigenvalue weighted by Gasteiger charge is -2.08. The van der Waals surface area contributed by atoms with Gasteiger partial charge in [0.25, 0.3) is 5.91 Å². The van der Waals surface area contributed by atoms with Gasteiger partial charge in [-0.15, -0.1) is 0 Å². The number of anilines is 2. The second-order valence-corrected chi connectivity index (χ2v) is 4.90. The third kappa shape index (κ3) is 3.33. The van der Waals surface area contributed by atoms with Crippen LogP contribution in [0.5, 0.6) is 0 Å². The summed E-state index contributed by atoms with van der Waals surface area (Å²) in [7, 11) is 0. The molecule has 0 saturated heterocycles. The van der Waals surface area contributed by atoms with Gasteiger partial charge in [0.05, 0.1) is 12.2 Å². The fourth-order valence-corrected chi connectivity index (χ4v) is 2.04. The van der Waals surface area contributed by atoms with Crippen molar-refractivity contribution in [1.29, 1.82) is 0 Å². The smallest absolute Gasteiger partial charge is 0.256 e. The average molecular weight is 321 g/mol. The molecule has 0 spiro atoms. The summed E-state index contributed by atoms with van der Waals surface area (Å²) in [4.78, 5) is 12.1. The molecule has 0 fully saturated rings. The molecular formula is C14H13BrN2O2. The molecule has 0 unspecified atom stereocenters. The SMILES string of the molecule is Nc1ccc(Br)c(C(=O)Nc2ccc(CO)cc2)c1. The van der Waals surface area contributed by atoms with Crippen LogP contribution in [0.4, 0.5) is 11.4 Å². The molecule has 2 rings (SSSR count). The Morgan fingerprint density at radius 1 is 1.21 bits per heavy atom. The van der Waals surface area contributed by atoms with Gasteiger partial charge in [0, 0.05) is 15.8 Å². The van der Waals surface area contributed by atoms with Crippen molar-refractivity contribution in [2.24, 2.45) is 0 Å². The molecule has 19 heavy (non-hydrogen) atoms. The standard InChI is InChI=1S/C14H13BrN2O2/c15-13-6-3-10(16)7-12(13)14(19)17-11-4-1-9(8-18)2-5-11/h1-7,18H,8,16H2,(H,17,19). The monoisotopic (exact) mass is 320 g/mol. The molecule has 0 heterocycles. The van der Waals surface area contributed by atoms with Crippen molar-refractivity contribution in [3.05, 3.63) is 58.1 Å². The first-order valence-corrected chi connectivity index (χ1v) is 6.45. The lowest BCUT2D eigenvalue weighted by Crippen LogP contribution is -2.13. The highest BCUT2D eigenvalue weighted by Crippen LogP contribution is 2.21. The highest BCUT2D eigenvalue weighted by molar-refractivity contribution is 9.10. The second-order valence-electron chi connectivity index (χ2n) is 4.05. The number of carbonyl (C=O) groups excluding carboxylic acids is 1. The Kier molecular flexibility index (Phi) is 4.19. The Morgan fingerprint density at radius 3 is 2.53 bits per heavy atom. The van der Waals surface area contributed by atoms with Gasteiger partial charge in [-0.05, 0) is 51.8 Å². The van der Waals surface area contributed by atoms with Crippen LogP contribution in [0.1, 0.15) is 15.9 Å². The molecule has 4 nitrogen and oxygen atoms in total. The van der Waals surface area contributed by atoms with Crippen LogP contribution < -0.4 is 11.1 Å². The lowest BCUT2D eigenvalue weighted by atomic mass is 10.1. The number of nitrogen functional groups attached to an aromatic ring is 1. The summed E-state index contributed by atoms with van der Waals surface area (Å²) >= 11 is 3.32. The molecule has 4 N–H and O–H groups in total. The fourth-order valence-electron chi connectivity index (χ4n) is 1.61. The molecule has 0 saturated carbocycles. The zero-order chi connectivity index (χ0) is 13.8. The van der Waals surface area contributed by atoms with Gasteiger partial charge in [-0.25, -0.2) is 0 Å². The summed E-state index contributed by atoms with van der Waals surface area (Å²) < 4.78 is 0.686. The number of nitrogens with two attached hydrogens (primary N) is 1. The van der Waals surface area contributed by atoms with Crippen molar-refractivity contribution in [1.82, 2.24) is 0 Å². The number of aliphatic hydroxyl groups excluding tert-OH is 1. The molecule has 5 heteroatoms. The Morgan fingerprint density at radius 2 is 1.89 bits per heavy atom. The maximum atomic E-state index is 12.1. The molecule has 0 atom stereocenters. The summed E-state index contributed by atoms with van der Waals surface area (Å²) in [5, 5.41) is 11.7. The number of rotatable bonds is 3. The van der Waals surface area contributed by atoms with Crippen molar-refractivity contribution >= 4 is 33.2 Å². The van der Waals surface area contributed by atoms with E-state index in [0.29, 0.717) is 21.4 Å². The Balaban J connectivity index is 2.18. The number of benzene rings is 2.